The van der Waals surface area contributed by atoms with Crippen LogP contribution in [0.15, 0.2) is 35.3 Å². The topological polar surface area (TPSA) is 45.7 Å². The lowest BCUT2D eigenvalue weighted by atomic mass is 10.2. The van der Waals surface area contributed by atoms with E-state index in [-0.39, 0.29) is 12.3 Å². The first-order valence-electron chi connectivity index (χ1n) is 8.53. The molecule has 1 aromatic carbocycles. The molecule has 142 valence electrons. The van der Waals surface area contributed by atoms with Gasteiger partial charge < -0.3 is 15.4 Å². The van der Waals surface area contributed by atoms with Gasteiger partial charge in [-0.05, 0) is 24.3 Å². The molecule has 1 unspecified atom stereocenters. The van der Waals surface area contributed by atoms with E-state index in [0.29, 0.717) is 38.7 Å². The van der Waals surface area contributed by atoms with Gasteiger partial charge in [0.2, 0.25) is 0 Å². The zero-order valence-electron chi connectivity index (χ0n) is 14.9. The van der Waals surface area contributed by atoms with Crippen molar-refractivity contribution < 1.29 is 17.9 Å². The molecular weight excluding hydrogens is 331 g/mol. The van der Waals surface area contributed by atoms with Crippen LogP contribution in [0.25, 0.3) is 0 Å². The van der Waals surface area contributed by atoms with Crippen molar-refractivity contribution in [2.45, 2.75) is 39.0 Å². The summed E-state index contributed by atoms with van der Waals surface area (Å²) < 4.78 is 41.9. The van der Waals surface area contributed by atoms with E-state index < -0.39 is 12.6 Å². The van der Waals surface area contributed by atoms with Crippen LogP contribution >= 0.6 is 0 Å². The van der Waals surface area contributed by atoms with E-state index in [2.05, 4.69) is 22.5 Å². The van der Waals surface area contributed by atoms with Gasteiger partial charge in [0.25, 0.3) is 0 Å². The Kier molecular flexibility index (Phi) is 9.99. The number of hydrogen-bond acceptors (Lipinski definition) is 2. The molecule has 0 amide bonds. The van der Waals surface area contributed by atoms with Gasteiger partial charge in [0, 0.05) is 26.6 Å². The molecule has 1 atom stereocenters. The van der Waals surface area contributed by atoms with E-state index in [1.165, 1.54) is 0 Å². The van der Waals surface area contributed by atoms with Gasteiger partial charge in [0.05, 0.1) is 13.2 Å². The minimum absolute atomic E-state index is 0.122. The molecule has 0 aliphatic rings. The minimum atomic E-state index is -4.07. The van der Waals surface area contributed by atoms with Gasteiger partial charge in [0.15, 0.2) is 5.96 Å². The number of nitrogens with zero attached hydrogens (tertiary/aromatic N) is 1. The van der Waals surface area contributed by atoms with Gasteiger partial charge in [-0.2, -0.15) is 13.2 Å². The summed E-state index contributed by atoms with van der Waals surface area (Å²) in [5.74, 6) is 0.884. The number of benzene rings is 1. The van der Waals surface area contributed by atoms with E-state index in [9.17, 15) is 13.2 Å². The molecule has 7 heteroatoms. The van der Waals surface area contributed by atoms with Gasteiger partial charge in [0.1, 0.15) is 0 Å². The number of alkyl halides is 3. The molecule has 25 heavy (non-hydrogen) atoms. The Morgan fingerprint density at radius 3 is 2.52 bits per heavy atom. The van der Waals surface area contributed by atoms with Crippen molar-refractivity contribution in [2.24, 2.45) is 10.9 Å². The lowest BCUT2D eigenvalue weighted by Crippen LogP contribution is -2.40. The van der Waals surface area contributed by atoms with Crippen LogP contribution in [0.5, 0.6) is 0 Å². The molecule has 0 bridgehead atoms. The summed E-state index contributed by atoms with van der Waals surface area (Å²) in [7, 11) is 1.64. The van der Waals surface area contributed by atoms with E-state index in [0.717, 1.165) is 5.56 Å². The maximum atomic E-state index is 12.1. The Morgan fingerprint density at radius 2 is 1.88 bits per heavy atom. The summed E-state index contributed by atoms with van der Waals surface area (Å²) in [4.78, 5) is 4.07. The molecular formula is C18H28F3N3O. The number of halogens is 3. The van der Waals surface area contributed by atoms with E-state index in [1.54, 1.807) is 7.05 Å². The first-order chi connectivity index (χ1) is 11.9. The van der Waals surface area contributed by atoms with Crippen molar-refractivity contribution >= 4 is 5.96 Å². The van der Waals surface area contributed by atoms with E-state index >= 15 is 0 Å². The third-order valence-corrected chi connectivity index (χ3v) is 3.53. The van der Waals surface area contributed by atoms with Crippen LogP contribution in [0, 0.1) is 5.92 Å². The normalized spacial score (nSPS) is 13.6. The molecule has 2 N–H and O–H groups in total. The molecule has 1 aromatic rings. The van der Waals surface area contributed by atoms with Crippen LogP contribution in [-0.2, 0) is 11.3 Å². The maximum absolute atomic E-state index is 12.1. The summed E-state index contributed by atoms with van der Waals surface area (Å²) in [6, 6.07) is 9.97. The summed E-state index contributed by atoms with van der Waals surface area (Å²) in [6.45, 7) is 4.40. The fourth-order valence-electron chi connectivity index (χ4n) is 2.16. The lowest BCUT2D eigenvalue weighted by Gasteiger charge is -2.16. The number of unbranched alkanes of at least 4 members (excludes halogenated alkanes) is 1. The van der Waals surface area contributed by atoms with E-state index in [4.69, 9.17) is 4.74 Å². The van der Waals surface area contributed by atoms with Crippen LogP contribution in [0.2, 0.25) is 0 Å². The van der Waals surface area contributed by atoms with Crippen molar-refractivity contribution in [1.29, 1.82) is 0 Å². The average molecular weight is 359 g/mol. The summed E-state index contributed by atoms with van der Waals surface area (Å²) in [5, 5.41) is 6.19. The molecule has 0 aliphatic heterocycles. The van der Waals surface area contributed by atoms with Crippen molar-refractivity contribution in [1.82, 2.24) is 10.6 Å². The predicted octanol–water partition coefficient (Wildman–Crippen LogP) is 3.74. The molecule has 0 saturated heterocycles. The molecule has 0 spiro atoms. The SMILES string of the molecule is CN=C(NCCCCC(F)(F)F)NCC(C)COCc1ccccc1. The number of guanidine groups is 1. The summed E-state index contributed by atoms with van der Waals surface area (Å²) in [6.07, 6.45) is -4.24. The van der Waals surface area contributed by atoms with Gasteiger partial charge in [-0.15, -0.1) is 0 Å². The number of hydrogen-bond donors (Lipinski definition) is 2. The summed E-state index contributed by atoms with van der Waals surface area (Å²) >= 11 is 0. The van der Waals surface area contributed by atoms with Crippen LogP contribution in [0.1, 0.15) is 31.7 Å². The van der Waals surface area contributed by atoms with Crippen LogP contribution in [0.3, 0.4) is 0 Å². The predicted molar refractivity (Wildman–Crippen MR) is 94.5 cm³/mol. The second-order valence-electron chi connectivity index (χ2n) is 6.06. The molecule has 0 fully saturated rings. The Morgan fingerprint density at radius 1 is 1.16 bits per heavy atom. The Balaban J connectivity index is 2.10. The quantitative estimate of drug-likeness (QED) is 0.380. The van der Waals surface area contributed by atoms with Gasteiger partial charge >= 0.3 is 6.18 Å². The minimum Gasteiger partial charge on any atom is -0.376 e. The standard InChI is InChI=1S/C18H28F3N3O/c1-15(13-25-14-16-8-4-3-5-9-16)12-24-17(22-2)23-11-7-6-10-18(19,20)21/h3-5,8-9,15H,6-7,10-14H2,1-2H3,(H2,22,23,24). The average Bonchev–Trinajstić information content (AvgIpc) is 2.57. The monoisotopic (exact) mass is 359 g/mol. The number of ether oxygens (including phenoxy) is 1. The maximum Gasteiger partial charge on any atom is 0.389 e. The molecule has 0 aliphatic carbocycles. The molecule has 0 radical (unpaired) electrons. The number of nitrogens with one attached hydrogen (secondary N) is 2. The molecule has 4 nitrogen and oxygen atoms in total. The zero-order chi connectivity index (χ0) is 18.5. The van der Waals surface area contributed by atoms with Crippen molar-refractivity contribution in [3.8, 4) is 0 Å². The fraction of sp³-hybridized carbons (Fsp3) is 0.611. The fourth-order valence-corrected chi connectivity index (χ4v) is 2.16. The second kappa shape index (κ2) is 11.7. The van der Waals surface area contributed by atoms with Crippen LogP contribution in [0.4, 0.5) is 13.2 Å². The Labute approximate surface area is 147 Å². The van der Waals surface area contributed by atoms with Gasteiger partial charge in [-0.25, -0.2) is 0 Å². The highest BCUT2D eigenvalue weighted by Gasteiger charge is 2.25. The largest absolute Gasteiger partial charge is 0.389 e. The summed E-state index contributed by atoms with van der Waals surface area (Å²) in [5.41, 5.74) is 1.14. The van der Waals surface area contributed by atoms with Crippen LogP contribution in [-0.4, -0.2) is 38.9 Å². The van der Waals surface area contributed by atoms with Gasteiger partial charge in [-0.3, -0.25) is 4.99 Å². The molecule has 0 saturated carbocycles. The van der Waals surface area contributed by atoms with Crippen LogP contribution < -0.4 is 10.6 Å². The second-order valence-corrected chi connectivity index (χ2v) is 6.06. The lowest BCUT2D eigenvalue weighted by molar-refractivity contribution is -0.135. The Hall–Kier alpha value is -1.76. The number of rotatable bonds is 10. The highest BCUT2D eigenvalue weighted by atomic mass is 19.4. The molecule has 0 aromatic heterocycles. The third kappa shape index (κ3) is 11.4. The Bertz CT molecular complexity index is 492. The number of aliphatic imine (C=N–C) groups is 1. The van der Waals surface area contributed by atoms with Crippen molar-refractivity contribution in [3.05, 3.63) is 35.9 Å². The van der Waals surface area contributed by atoms with Gasteiger partial charge in [-0.1, -0.05) is 37.3 Å². The third-order valence-electron chi connectivity index (χ3n) is 3.53. The first-order valence-corrected chi connectivity index (χ1v) is 8.53. The highest BCUT2D eigenvalue weighted by Crippen LogP contribution is 2.21. The highest BCUT2D eigenvalue weighted by molar-refractivity contribution is 5.79. The van der Waals surface area contributed by atoms with Crippen molar-refractivity contribution in [3.63, 3.8) is 0 Å². The molecule has 1 rings (SSSR count). The van der Waals surface area contributed by atoms with Crippen molar-refractivity contribution in [2.75, 3.05) is 26.7 Å². The zero-order valence-corrected chi connectivity index (χ0v) is 14.9. The van der Waals surface area contributed by atoms with E-state index in [1.807, 2.05) is 30.3 Å². The molecule has 0 heterocycles. The first kappa shape index (κ1) is 21.3. The smallest absolute Gasteiger partial charge is 0.376 e.